The number of phenolic OH excluding ortho intramolecular Hbond substituents is 2. The third-order valence-electron chi connectivity index (χ3n) is 3.22. The minimum atomic E-state index is -0.00362. The van der Waals surface area contributed by atoms with Gasteiger partial charge in [-0.3, -0.25) is 4.90 Å². The van der Waals surface area contributed by atoms with Crippen molar-refractivity contribution in [2.75, 3.05) is 13.1 Å². The van der Waals surface area contributed by atoms with Gasteiger partial charge in [-0.1, -0.05) is 13.3 Å². The van der Waals surface area contributed by atoms with Crippen molar-refractivity contribution >= 4 is 12.4 Å². The molecule has 0 radical (unpaired) electrons. The Bertz CT molecular complexity index is 382. The molecule has 0 saturated heterocycles. The van der Waals surface area contributed by atoms with Crippen molar-refractivity contribution < 1.29 is 10.2 Å². The molecule has 96 valence electrons. The molecule has 0 bridgehead atoms. The Morgan fingerprint density at radius 2 is 1.82 bits per heavy atom. The van der Waals surface area contributed by atoms with Crippen molar-refractivity contribution in [3.63, 3.8) is 0 Å². The summed E-state index contributed by atoms with van der Waals surface area (Å²) in [5, 5.41) is 18.9. The van der Waals surface area contributed by atoms with E-state index in [1.165, 1.54) is 18.4 Å². The van der Waals surface area contributed by atoms with E-state index in [-0.39, 0.29) is 23.9 Å². The van der Waals surface area contributed by atoms with Gasteiger partial charge in [-0.15, -0.1) is 12.4 Å². The molecule has 1 aliphatic heterocycles. The second kappa shape index (κ2) is 6.12. The molecule has 0 aliphatic carbocycles. The lowest BCUT2D eigenvalue weighted by atomic mass is 9.98. The number of hydrogen-bond acceptors (Lipinski definition) is 3. The highest BCUT2D eigenvalue weighted by molar-refractivity contribution is 5.85. The molecule has 0 aromatic heterocycles. The van der Waals surface area contributed by atoms with Gasteiger partial charge < -0.3 is 10.2 Å². The van der Waals surface area contributed by atoms with E-state index in [1.54, 1.807) is 12.1 Å². The zero-order valence-corrected chi connectivity index (χ0v) is 11.0. The first-order chi connectivity index (χ1) is 7.70. The lowest BCUT2D eigenvalue weighted by molar-refractivity contribution is 0.249. The molecule has 0 amide bonds. The van der Waals surface area contributed by atoms with Gasteiger partial charge in [-0.2, -0.15) is 0 Å². The third kappa shape index (κ3) is 3.27. The molecule has 0 saturated carbocycles. The molecule has 1 aromatic rings. The SMILES string of the molecule is CCCCN1CCc2cc(O)c(O)cc2C1.Cl. The quantitative estimate of drug-likeness (QED) is 0.819. The van der Waals surface area contributed by atoms with Gasteiger partial charge in [0.2, 0.25) is 0 Å². The highest BCUT2D eigenvalue weighted by Crippen LogP contribution is 2.31. The summed E-state index contributed by atoms with van der Waals surface area (Å²) in [7, 11) is 0. The van der Waals surface area contributed by atoms with Crippen molar-refractivity contribution in [2.24, 2.45) is 0 Å². The lowest BCUT2D eigenvalue weighted by Crippen LogP contribution is -2.31. The molecular formula is C13H20ClNO2. The van der Waals surface area contributed by atoms with E-state index >= 15 is 0 Å². The van der Waals surface area contributed by atoms with Crippen LogP contribution in [0.4, 0.5) is 0 Å². The first-order valence-electron chi connectivity index (χ1n) is 5.96. The zero-order valence-electron chi connectivity index (χ0n) is 10.1. The van der Waals surface area contributed by atoms with Crippen LogP contribution in [0.1, 0.15) is 30.9 Å². The van der Waals surface area contributed by atoms with Crippen molar-refractivity contribution in [1.29, 1.82) is 0 Å². The van der Waals surface area contributed by atoms with Crippen LogP contribution in [-0.4, -0.2) is 28.2 Å². The smallest absolute Gasteiger partial charge is 0.157 e. The molecule has 2 rings (SSSR count). The summed E-state index contributed by atoms with van der Waals surface area (Å²) >= 11 is 0. The summed E-state index contributed by atoms with van der Waals surface area (Å²) in [6.07, 6.45) is 3.40. The van der Waals surface area contributed by atoms with Crippen LogP contribution in [0.25, 0.3) is 0 Å². The second-order valence-corrected chi connectivity index (χ2v) is 4.49. The van der Waals surface area contributed by atoms with Crippen molar-refractivity contribution in [1.82, 2.24) is 4.90 Å². The number of aromatic hydroxyl groups is 2. The van der Waals surface area contributed by atoms with E-state index in [1.807, 2.05) is 0 Å². The summed E-state index contributed by atoms with van der Waals surface area (Å²) < 4.78 is 0. The van der Waals surface area contributed by atoms with Gasteiger partial charge in [0.05, 0.1) is 0 Å². The Labute approximate surface area is 108 Å². The minimum absolute atomic E-state index is 0. The molecule has 1 aromatic carbocycles. The third-order valence-corrected chi connectivity index (χ3v) is 3.22. The largest absolute Gasteiger partial charge is 0.504 e. The van der Waals surface area contributed by atoms with E-state index in [2.05, 4.69) is 11.8 Å². The number of unbranched alkanes of at least 4 members (excludes halogenated alkanes) is 1. The summed E-state index contributed by atoms with van der Waals surface area (Å²) in [4.78, 5) is 2.41. The van der Waals surface area contributed by atoms with Crippen LogP contribution in [0.2, 0.25) is 0 Å². The van der Waals surface area contributed by atoms with E-state index < -0.39 is 0 Å². The zero-order chi connectivity index (χ0) is 11.5. The first-order valence-corrected chi connectivity index (χ1v) is 5.96. The summed E-state index contributed by atoms with van der Waals surface area (Å²) in [6.45, 7) is 5.26. The average Bonchev–Trinajstić information content (AvgIpc) is 2.28. The van der Waals surface area contributed by atoms with Crippen LogP contribution in [0.15, 0.2) is 12.1 Å². The van der Waals surface area contributed by atoms with Gasteiger partial charge in [0, 0.05) is 13.1 Å². The Kier molecular flexibility index (Phi) is 5.09. The maximum atomic E-state index is 9.47. The van der Waals surface area contributed by atoms with Gasteiger partial charge in [0.1, 0.15) is 0 Å². The number of benzene rings is 1. The Hall–Kier alpha value is -0.930. The number of fused-ring (bicyclic) bond motifs is 1. The highest BCUT2D eigenvalue weighted by Gasteiger charge is 2.17. The average molecular weight is 258 g/mol. The Morgan fingerprint density at radius 1 is 1.18 bits per heavy atom. The van der Waals surface area contributed by atoms with Gasteiger partial charge in [-0.25, -0.2) is 0 Å². The predicted octanol–water partition coefficient (Wildman–Crippen LogP) is 2.68. The molecule has 0 unspecified atom stereocenters. The van der Waals surface area contributed by atoms with Crippen LogP contribution in [0.5, 0.6) is 11.5 Å². The van der Waals surface area contributed by atoms with Crippen molar-refractivity contribution in [3.05, 3.63) is 23.3 Å². The number of nitrogens with zero attached hydrogens (tertiary/aromatic N) is 1. The normalized spacial score (nSPS) is 15.1. The van der Waals surface area contributed by atoms with Crippen LogP contribution < -0.4 is 0 Å². The topological polar surface area (TPSA) is 43.7 Å². The van der Waals surface area contributed by atoms with Crippen LogP contribution in [0, 0.1) is 0 Å². The second-order valence-electron chi connectivity index (χ2n) is 4.49. The van der Waals surface area contributed by atoms with Crippen molar-refractivity contribution in [3.8, 4) is 11.5 Å². The monoisotopic (exact) mass is 257 g/mol. The first kappa shape index (κ1) is 14.1. The molecule has 4 heteroatoms. The number of hydrogen-bond donors (Lipinski definition) is 2. The maximum absolute atomic E-state index is 9.47. The molecule has 1 heterocycles. The fraction of sp³-hybridized carbons (Fsp3) is 0.538. The van der Waals surface area contributed by atoms with Gasteiger partial charge in [0.15, 0.2) is 11.5 Å². The molecule has 2 N–H and O–H groups in total. The number of phenols is 2. The molecule has 0 fully saturated rings. The summed E-state index contributed by atoms with van der Waals surface area (Å²) in [5.41, 5.74) is 2.32. The summed E-state index contributed by atoms with van der Waals surface area (Å²) in [5.74, 6) is -0.00292. The molecule has 0 spiro atoms. The van der Waals surface area contributed by atoms with Gasteiger partial charge in [-0.05, 0) is 42.6 Å². The number of halogens is 1. The molecule has 0 atom stereocenters. The van der Waals surface area contributed by atoms with Crippen LogP contribution in [-0.2, 0) is 13.0 Å². The molecule has 3 nitrogen and oxygen atoms in total. The predicted molar refractivity (Wildman–Crippen MR) is 70.9 cm³/mol. The van der Waals surface area contributed by atoms with E-state index in [9.17, 15) is 10.2 Å². The Morgan fingerprint density at radius 3 is 2.47 bits per heavy atom. The van der Waals surface area contributed by atoms with Crippen LogP contribution >= 0.6 is 12.4 Å². The van der Waals surface area contributed by atoms with Gasteiger partial charge in [0.25, 0.3) is 0 Å². The highest BCUT2D eigenvalue weighted by atomic mass is 35.5. The fourth-order valence-corrected chi connectivity index (χ4v) is 2.21. The molecule has 1 aliphatic rings. The number of rotatable bonds is 3. The van der Waals surface area contributed by atoms with Crippen LogP contribution in [0.3, 0.4) is 0 Å². The standard InChI is InChI=1S/C13H19NO2.ClH/c1-2-3-5-14-6-4-10-7-12(15)13(16)8-11(10)9-14;/h7-8,15-16H,2-6,9H2,1H3;1H. The van der Waals surface area contributed by atoms with E-state index in [0.29, 0.717) is 0 Å². The Balaban J connectivity index is 0.00000144. The molecule has 17 heavy (non-hydrogen) atoms. The maximum Gasteiger partial charge on any atom is 0.157 e. The van der Waals surface area contributed by atoms with Gasteiger partial charge >= 0.3 is 0 Å². The van der Waals surface area contributed by atoms with Crippen molar-refractivity contribution in [2.45, 2.75) is 32.7 Å². The summed E-state index contributed by atoms with van der Waals surface area (Å²) in [6, 6.07) is 3.39. The van der Waals surface area contributed by atoms with E-state index in [0.717, 1.165) is 31.6 Å². The van der Waals surface area contributed by atoms with E-state index in [4.69, 9.17) is 0 Å². The lowest BCUT2D eigenvalue weighted by Gasteiger charge is -2.28. The molecular weight excluding hydrogens is 238 g/mol. The fourth-order valence-electron chi connectivity index (χ4n) is 2.21. The minimum Gasteiger partial charge on any atom is -0.504 e.